The second-order valence-corrected chi connectivity index (χ2v) is 5.01. The molecule has 0 bridgehead atoms. The maximum atomic E-state index is 5.59. The number of nitrogens with zero attached hydrogens (tertiary/aromatic N) is 1. The van der Waals surface area contributed by atoms with Crippen molar-refractivity contribution >= 4 is 0 Å². The first-order valence-corrected chi connectivity index (χ1v) is 5.90. The van der Waals surface area contributed by atoms with Gasteiger partial charge in [-0.05, 0) is 12.0 Å². The first kappa shape index (κ1) is 11.9. The van der Waals surface area contributed by atoms with Gasteiger partial charge in [-0.3, -0.25) is 0 Å². The average molecular weight is 229 g/mol. The van der Waals surface area contributed by atoms with Crippen molar-refractivity contribution < 1.29 is 0 Å². The number of imidazole rings is 1. The third kappa shape index (κ3) is 2.74. The fraction of sp³-hybridized carbons (Fsp3) is 0.357. The van der Waals surface area contributed by atoms with Crippen molar-refractivity contribution in [1.29, 1.82) is 0 Å². The summed E-state index contributed by atoms with van der Waals surface area (Å²) >= 11 is 0. The van der Waals surface area contributed by atoms with E-state index in [9.17, 15) is 0 Å². The zero-order chi connectivity index (χ0) is 12.3. The Labute approximate surface area is 102 Å². The summed E-state index contributed by atoms with van der Waals surface area (Å²) in [6.45, 7) is 4.90. The van der Waals surface area contributed by atoms with Gasteiger partial charge in [0.1, 0.15) is 5.82 Å². The lowest BCUT2D eigenvalue weighted by atomic mass is 9.85. The van der Waals surface area contributed by atoms with Crippen LogP contribution in [0.15, 0.2) is 36.5 Å². The van der Waals surface area contributed by atoms with Crippen LogP contribution in [0.25, 0.3) is 0 Å². The second kappa shape index (κ2) is 4.72. The summed E-state index contributed by atoms with van der Waals surface area (Å²) < 4.78 is 0. The van der Waals surface area contributed by atoms with Crippen molar-refractivity contribution in [2.45, 2.75) is 32.2 Å². The molecule has 3 nitrogen and oxygen atoms in total. The second-order valence-electron chi connectivity index (χ2n) is 5.01. The van der Waals surface area contributed by atoms with Gasteiger partial charge in [0.15, 0.2) is 0 Å². The van der Waals surface area contributed by atoms with Gasteiger partial charge in [-0.25, -0.2) is 4.98 Å². The van der Waals surface area contributed by atoms with Crippen LogP contribution in [0, 0.1) is 0 Å². The Hall–Kier alpha value is -1.61. The van der Waals surface area contributed by atoms with Crippen molar-refractivity contribution in [3.63, 3.8) is 0 Å². The van der Waals surface area contributed by atoms with Gasteiger partial charge < -0.3 is 10.7 Å². The molecule has 17 heavy (non-hydrogen) atoms. The molecule has 1 aromatic heterocycles. The molecule has 1 heterocycles. The van der Waals surface area contributed by atoms with Crippen molar-refractivity contribution in [2.24, 2.45) is 5.73 Å². The Morgan fingerprint density at radius 3 is 2.53 bits per heavy atom. The number of aromatic amines is 1. The molecule has 2 aromatic rings. The zero-order valence-corrected chi connectivity index (χ0v) is 10.4. The number of nitrogens with two attached hydrogens (primary N) is 1. The predicted molar refractivity (Wildman–Crippen MR) is 69.7 cm³/mol. The molecule has 0 aliphatic heterocycles. The van der Waals surface area contributed by atoms with Crippen molar-refractivity contribution in [1.82, 2.24) is 9.97 Å². The normalized spacial score (nSPS) is 11.7. The van der Waals surface area contributed by atoms with E-state index >= 15 is 0 Å². The molecule has 3 heteroatoms. The van der Waals surface area contributed by atoms with Crippen LogP contribution in [-0.2, 0) is 18.4 Å². The Morgan fingerprint density at radius 1 is 1.24 bits per heavy atom. The molecule has 0 aliphatic carbocycles. The quantitative estimate of drug-likeness (QED) is 0.845. The highest BCUT2D eigenvalue weighted by molar-refractivity contribution is 5.21. The van der Waals surface area contributed by atoms with Gasteiger partial charge in [0.2, 0.25) is 0 Å². The van der Waals surface area contributed by atoms with Crippen molar-refractivity contribution in [2.75, 3.05) is 0 Å². The van der Waals surface area contributed by atoms with Gasteiger partial charge in [-0.1, -0.05) is 44.2 Å². The molecule has 0 aliphatic rings. The van der Waals surface area contributed by atoms with E-state index in [0.717, 1.165) is 17.9 Å². The van der Waals surface area contributed by atoms with E-state index in [4.69, 9.17) is 5.73 Å². The lowest BCUT2D eigenvalue weighted by Gasteiger charge is -2.22. The summed E-state index contributed by atoms with van der Waals surface area (Å²) in [4.78, 5) is 7.71. The maximum absolute atomic E-state index is 5.59. The number of benzene rings is 1. The van der Waals surface area contributed by atoms with Crippen LogP contribution in [0.1, 0.15) is 30.9 Å². The lowest BCUT2D eigenvalue weighted by molar-refractivity contribution is 0.491. The summed E-state index contributed by atoms with van der Waals surface area (Å²) in [5.74, 6) is 1.00. The highest BCUT2D eigenvalue weighted by Gasteiger charge is 2.24. The third-order valence-corrected chi connectivity index (χ3v) is 2.98. The molecule has 2 rings (SSSR count). The number of nitrogens with one attached hydrogen (secondary N) is 1. The predicted octanol–water partition coefficient (Wildman–Crippen LogP) is 2.39. The van der Waals surface area contributed by atoms with E-state index in [1.54, 1.807) is 0 Å². The first-order valence-electron chi connectivity index (χ1n) is 5.90. The minimum Gasteiger partial charge on any atom is -0.344 e. The molecule has 0 radical (unpaired) electrons. The summed E-state index contributed by atoms with van der Waals surface area (Å²) in [5, 5.41) is 0. The monoisotopic (exact) mass is 229 g/mol. The van der Waals surface area contributed by atoms with Crippen LogP contribution in [0.4, 0.5) is 0 Å². The fourth-order valence-corrected chi connectivity index (χ4v) is 2.00. The smallest absolute Gasteiger partial charge is 0.112 e. The fourth-order valence-electron chi connectivity index (χ4n) is 2.00. The molecule has 0 saturated carbocycles. The van der Waals surface area contributed by atoms with Gasteiger partial charge in [-0.2, -0.15) is 0 Å². The van der Waals surface area contributed by atoms with Crippen molar-refractivity contribution in [3.05, 3.63) is 53.6 Å². The number of hydrogen-bond donors (Lipinski definition) is 2. The lowest BCUT2D eigenvalue weighted by Crippen LogP contribution is -2.22. The molecular weight excluding hydrogens is 210 g/mol. The summed E-state index contributed by atoms with van der Waals surface area (Å²) in [5.41, 5.74) is 7.89. The number of H-pyrrole nitrogens is 1. The van der Waals surface area contributed by atoms with Gasteiger partial charge in [0, 0.05) is 23.9 Å². The van der Waals surface area contributed by atoms with E-state index in [1.807, 2.05) is 12.3 Å². The van der Waals surface area contributed by atoms with Crippen LogP contribution in [0.2, 0.25) is 0 Å². The maximum Gasteiger partial charge on any atom is 0.112 e. The van der Waals surface area contributed by atoms with E-state index < -0.39 is 0 Å². The Bertz CT molecular complexity index is 471. The molecule has 0 saturated heterocycles. The molecule has 0 unspecified atom stereocenters. The summed E-state index contributed by atoms with van der Waals surface area (Å²) in [6, 6.07) is 10.5. The topological polar surface area (TPSA) is 54.7 Å². The van der Waals surface area contributed by atoms with E-state index in [-0.39, 0.29) is 5.41 Å². The van der Waals surface area contributed by atoms with Crippen LogP contribution >= 0.6 is 0 Å². The minimum atomic E-state index is -0.00519. The molecule has 90 valence electrons. The molecule has 3 N–H and O–H groups in total. The van der Waals surface area contributed by atoms with E-state index in [0.29, 0.717) is 6.54 Å². The van der Waals surface area contributed by atoms with Gasteiger partial charge in [0.25, 0.3) is 0 Å². The minimum absolute atomic E-state index is 0.00519. The molecule has 0 spiro atoms. The third-order valence-electron chi connectivity index (χ3n) is 2.98. The van der Waals surface area contributed by atoms with Crippen molar-refractivity contribution in [3.8, 4) is 0 Å². The average Bonchev–Trinajstić information content (AvgIpc) is 2.79. The van der Waals surface area contributed by atoms with E-state index in [2.05, 4.69) is 48.1 Å². The zero-order valence-electron chi connectivity index (χ0n) is 10.4. The van der Waals surface area contributed by atoms with Crippen LogP contribution in [0.5, 0.6) is 0 Å². The Kier molecular flexibility index (Phi) is 3.29. The van der Waals surface area contributed by atoms with Gasteiger partial charge in [0.05, 0.1) is 0 Å². The number of hydrogen-bond acceptors (Lipinski definition) is 2. The van der Waals surface area contributed by atoms with Crippen LogP contribution in [0.3, 0.4) is 0 Å². The molecule has 0 amide bonds. The largest absolute Gasteiger partial charge is 0.344 e. The summed E-state index contributed by atoms with van der Waals surface area (Å²) in [7, 11) is 0. The van der Waals surface area contributed by atoms with Gasteiger partial charge in [-0.15, -0.1) is 0 Å². The molecule has 0 fully saturated rings. The molecule has 0 atom stereocenters. The van der Waals surface area contributed by atoms with Crippen LogP contribution in [-0.4, -0.2) is 9.97 Å². The number of aromatic nitrogens is 2. The highest BCUT2D eigenvalue weighted by atomic mass is 14.9. The SMILES string of the molecule is CC(C)(Cc1ccccc1)c1ncc(CN)[nH]1. The highest BCUT2D eigenvalue weighted by Crippen LogP contribution is 2.25. The Morgan fingerprint density at radius 2 is 1.94 bits per heavy atom. The summed E-state index contributed by atoms with van der Waals surface area (Å²) in [6.07, 6.45) is 2.79. The Balaban J connectivity index is 2.18. The van der Waals surface area contributed by atoms with E-state index in [1.165, 1.54) is 5.56 Å². The molecular formula is C14H19N3. The standard InChI is InChI=1S/C14H19N3/c1-14(2,8-11-6-4-3-5-7-11)13-16-10-12(9-15)17-13/h3-7,10H,8-9,15H2,1-2H3,(H,16,17). The van der Waals surface area contributed by atoms with Crippen LogP contribution < -0.4 is 5.73 Å². The molecule has 1 aromatic carbocycles. The first-order chi connectivity index (χ1) is 8.12. The number of rotatable bonds is 4. The van der Waals surface area contributed by atoms with Gasteiger partial charge >= 0.3 is 0 Å².